The Bertz CT molecular complexity index is 1080. The van der Waals surface area contributed by atoms with Crippen molar-refractivity contribution >= 4 is 33.4 Å². The third-order valence-electron chi connectivity index (χ3n) is 4.93. The van der Waals surface area contributed by atoms with E-state index in [0.29, 0.717) is 30.9 Å². The highest BCUT2D eigenvalue weighted by Crippen LogP contribution is 2.21. The number of hydrogen-bond donors (Lipinski definition) is 2. The average molecular weight is 487 g/mol. The number of nitrogens with one attached hydrogen (secondary N) is 2. The Labute approximate surface area is 190 Å². The van der Waals surface area contributed by atoms with Gasteiger partial charge >= 0.3 is 0 Å². The van der Waals surface area contributed by atoms with Gasteiger partial charge in [0.25, 0.3) is 11.8 Å². The van der Waals surface area contributed by atoms with Crippen molar-refractivity contribution in [1.29, 1.82) is 0 Å². The quantitative estimate of drug-likeness (QED) is 0.504. The van der Waals surface area contributed by atoms with Crippen LogP contribution in [0.3, 0.4) is 0 Å². The van der Waals surface area contributed by atoms with Gasteiger partial charge in [0.05, 0.1) is 28.1 Å². The number of hydrogen-bond acceptors (Lipinski definition) is 4. The predicted octanol–water partition coefficient (Wildman–Crippen LogP) is 3.92. The number of benzene rings is 1. The first-order chi connectivity index (χ1) is 14.8. The van der Waals surface area contributed by atoms with Crippen LogP contribution in [0, 0.1) is 13.8 Å². The topological polar surface area (TPSA) is 93.8 Å². The number of halogens is 1. The summed E-state index contributed by atoms with van der Waals surface area (Å²) in [6.45, 7) is 9.64. The van der Waals surface area contributed by atoms with Gasteiger partial charge in [-0.25, -0.2) is 0 Å². The second-order valence-electron chi connectivity index (χ2n) is 7.30. The fraction of sp³-hybridized carbons (Fsp3) is 0.364. The summed E-state index contributed by atoms with van der Waals surface area (Å²) in [4.78, 5) is 25.2. The molecule has 3 rings (SSSR count). The van der Waals surface area contributed by atoms with Gasteiger partial charge in [0.2, 0.25) is 0 Å². The minimum atomic E-state index is -0.296. The Morgan fingerprint density at radius 2 is 1.77 bits per heavy atom. The number of carbonyl (C=O) groups excluding carboxylic acids is 2. The lowest BCUT2D eigenvalue weighted by Crippen LogP contribution is -2.26. The Morgan fingerprint density at radius 3 is 2.35 bits per heavy atom. The number of anilines is 1. The Kier molecular flexibility index (Phi) is 7.27. The molecule has 0 spiro atoms. The number of carbonyl (C=O) groups is 2. The van der Waals surface area contributed by atoms with Crippen LogP contribution in [0.2, 0.25) is 0 Å². The second kappa shape index (κ2) is 9.91. The number of rotatable bonds is 8. The van der Waals surface area contributed by atoms with Crippen LogP contribution in [0.5, 0.6) is 0 Å². The normalized spacial score (nSPS) is 10.9. The summed E-state index contributed by atoms with van der Waals surface area (Å²) in [5.41, 5.74) is 4.16. The van der Waals surface area contributed by atoms with E-state index in [1.807, 2.05) is 44.5 Å². The van der Waals surface area contributed by atoms with E-state index in [4.69, 9.17) is 0 Å². The van der Waals surface area contributed by atoms with Crippen molar-refractivity contribution in [2.75, 3.05) is 11.9 Å². The van der Waals surface area contributed by atoms with E-state index in [1.54, 1.807) is 23.0 Å². The van der Waals surface area contributed by atoms with Crippen LogP contribution in [0.4, 0.5) is 5.69 Å². The molecule has 164 valence electrons. The number of amides is 2. The molecule has 0 saturated heterocycles. The number of nitrogens with zero attached hydrogens (tertiary/aromatic N) is 4. The van der Waals surface area contributed by atoms with E-state index < -0.39 is 0 Å². The average Bonchev–Trinajstić information content (AvgIpc) is 3.28. The largest absolute Gasteiger partial charge is 0.351 e. The summed E-state index contributed by atoms with van der Waals surface area (Å²) >= 11 is 3.54. The molecular formula is C22H27BrN6O2. The molecule has 0 unspecified atom stereocenters. The van der Waals surface area contributed by atoms with Crippen molar-refractivity contribution in [3.8, 4) is 0 Å². The van der Waals surface area contributed by atoms with Gasteiger partial charge in [-0.1, -0.05) is 19.1 Å². The van der Waals surface area contributed by atoms with Crippen LogP contribution in [-0.2, 0) is 13.1 Å². The first kappa shape index (κ1) is 22.7. The van der Waals surface area contributed by atoms with E-state index in [1.165, 1.54) is 0 Å². The molecule has 0 fully saturated rings. The highest BCUT2D eigenvalue weighted by Gasteiger charge is 2.19. The van der Waals surface area contributed by atoms with Gasteiger partial charge in [-0.05, 0) is 60.8 Å². The molecule has 0 radical (unpaired) electrons. The van der Waals surface area contributed by atoms with Gasteiger partial charge in [-0.3, -0.25) is 19.0 Å². The highest BCUT2D eigenvalue weighted by molar-refractivity contribution is 9.10. The minimum Gasteiger partial charge on any atom is -0.351 e. The van der Waals surface area contributed by atoms with Crippen molar-refractivity contribution in [3.63, 3.8) is 0 Å². The molecule has 2 N–H and O–H groups in total. The zero-order chi connectivity index (χ0) is 22.5. The summed E-state index contributed by atoms with van der Waals surface area (Å²) in [6, 6.07) is 7.35. The van der Waals surface area contributed by atoms with Gasteiger partial charge in [0.15, 0.2) is 5.69 Å². The molecule has 0 aliphatic heterocycles. The molecular weight excluding hydrogens is 460 g/mol. The van der Waals surface area contributed by atoms with Gasteiger partial charge < -0.3 is 10.6 Å². The fourth-order valence-electron chi connectivity index (χ4n) is 3.12. The fourth-order valence-corrected chi connectivity index (χ4v) is 3.41. The zero-order valence-corrected chi connectivity index (χ0v) is 19.8. The second-order valence-corrected chi connectivity index (χ2v) is 8.09. The smallest absolute Gasteiger partial charge is 0.273 e. The van der Waals surface area contributed by atoms with Crippen LogP contribution >= 0.6 is 15.9 Å². The maximum atomic E-state index is 12.8. The summed E-state index contributed by atoms with van der Waals surface area (Å²) in [5, 5.41) is 14.4. The van der Waals surface area contributed by atoms with Gasteiger partial charge in [-0.15, -0.1) is 0 Å². The minimum absolute atomic E-state index is 0.218. The molecule has 2 aromatic heterocycles. The third-order valence-corrected chi connectivity index (χ3v) is 6.07. The number of aryl methyl sites for hydroxylation is 2. The van der Waals surface area contributed by atoms with Crippen molar-refractivity contribution in [2.45, 2.75) is 47.2 Å². The van der Waals surface area contributed by atoms with E-state index in [9.17, 15) is 9.59 Å². The Hall–Kier alpha value is -2.94. The molecule has 31 heavy (non-hydrogen) atoms. The van der Waals surface area contributed by atoms with Crippen LogP contribution in [0.1, 0.15) is 58.1 Å². The summed E-state index contributed by atoms with van der Waals surface area (Å²) in [6.07, 6.45) is 2.50. The number of aromatic nitrogens is 4. The summed E-state index contributed by atoms with van der Waals surface area (Å²) in [5.74, 6) is -0.587. The van der Waals surface area contributed by atoms with Crippen LogP contribution < -0.4 is 10.6 Å². The van der Waals surface area contributed by atoms with E-state index >= 15 is 0 Å². The SMILES string of the molecule is CCCNC(=O)c1nn(CC)cc1NC(=O)c1ccc(Cn2nc(C)c(Br)c2C)cc1. The van der Waals surface area contributed by atoms with Gasteiger partial charge in [0.1, 0.15) is 0 Å². The van der Waals surface area contributed by atoms with Gasteiger partial charge in [-0.2, -0.15) is 10.2 Å². The zero-order valence-electron chi connectivity index (χ0n) is 18.2. The molecule has 1 aromatic carbocycles. The first-order valence-electron chi connectivity index (χ1n) is 10.3. The lowest BCUT2D eigenvalue weighted by molar-refractivity contribution is 0.0948. The lowest BCUT2D eigenvalue weighted by atomic mass is 10.1. The summed E-state index contributed by atoms with van der Waals surface area (Å²) in [7, 11) is 0. The van der Waals surface area contributed by atoms with Crippen molar-refractivity contribution in [2.24, 2.45) is 0 Å². The molecule has 2 heterocycles. The molecule has 0 saturated carbocycles. The van der Waals surface area contributed by atoms with Crippen molar-refractivity contribution < 1.29 is 9.59 Å². The molecule has 0 aliphatic carbocycles. The van der Waals surface area contributed by atoms with Crippen LogP contribution in [0.25, 0.3) is 0 Å². The maximum absolute atomic E-state index is 12.8. The standard InChI is InChI=1S/C22H27BrN6O2/c1-5-11-24-22(31)20-18(13-28(6-2)27-20)25-21(30)17-9-7-16(8-10-17)12-29-15(4)19(23)14(3)26-29/h7-10,13H,5-6,11-12H2,1-4H3,(H,24,31)(H,25,30). The lowest BCUT2D eigenvalue weighted by Gasteiger charge is -2.08. The molecule has 0 bridgehead atoms. The van der Waals surface area contributed by atoms with E-state index in [2.05, 4.69) is 36.8 Å². The molecule has 0 aliphatic rings. The van der Waals surface area contributed by atoms with E-state index in [-0.39, 0.29) is 17.5 Å². The van der Waals surface area contributed by atoms with Crippen molar-refractivity contribution in [3.05, 3.63) is 63.1 Å². The first-order valence-corrected chi connectivity index (χ1v) is 11.1. The Balaban J connectivity index is 1.73. The van der Waals surface area contributed by atoms with E-state index in [0.717, 1.165) is 27.8 Å². The van der Waals surface area contributed by atoms with Crippen LogP contribution in [0.15, 0.2) is 34.9 Å². The summed E-state index contributed by atoms with van der Waals surface area (Å²) < 4.78 is 4.57. The monoisotopic (exact) mass is 486 g/mol. The third kappa shape index (κ3) is 5.22. The molecule has 2 amide bonds. The predicted molar refractivity (Wildman–Crippen MR) is 123 cm³/mol. The Morgan fingerprint density at radius 1 is 1.06 bits per heavy atom. The van der Waals surface area contributed by atoms with Crippen LogP contribution in [-0.4, -0.2) is 37.9 Å². The highest BCUT2D eigenvalue weighted by atomic mass is 79.9. The maximum Gasteiger partial charge on any atom is 0.273 e. The van der Waals surface area contributed by atoms with Gasteiger partial charge in [0, 0.05) is 24.8 Å². The molecule has 9 heteroatoms. The van der Waals surface area contributed by atoms with Crippen molar-refractivity contribution in [1.82, 2.24) is 24.9 Å². The molecule has 8 nitrogen and oxygen atoms in total. The molecule has 0 atom stereocenters. The molecule has 3 aromatic rings.